The summed E-state index contributed by atoms with van der Waals surface area (Å²) in [4.78, 5) is 14.7. The van der Waals surface area contributed by atoms with E-state index in [9.17, 15) is 9.18 Å². The first kappa shape index (κ1) is 11.7. The van der Waals surface area contributed by atoms with Gasteiger partial charge in [-0.3, -0.25) is 4.79 Å². The van der Waals surface area contributed by atoms with Crippen molar-refractivity contribution in [3.8, 4) is 11.1 Å². The van der Waals surface area contributed by atoms with Gasteiger partial charge in [0.2, 0.25) is 0 Å². The minimum absolute atomic E-state index is 0.0810. The molecule has 1 aromatic carbocycles. The number of carbonyl (C=O) groups is 1. The zero-order valence-corrected chi connectivity index (χ0v) is 9.83. The number of benzene rings is 1. The van der Waals surface area contributed by atoms with Crippen LogP contribution in [0.3, 0.4) is 0 Å². The van der Waals surface area contributed by atoms with Crippen molar-refractivity contribution in [1.29, 1.82) is 0 Å². The molecule has 4 heteroatoms. The van der Waals surface area contributed by atoms with Crippen LogP contribution < -0.4 is 0 Å². The standard InChI is InChI=1S/C13H9ClFNO/c1-8-2-3-10(12(15)6-8)9-4-5-16-13(14)11(9)7-17/h2-7H,1H3. The maximum atomic E-state index is 13.8. The number of pyridine rings is 1. The summed E-state index contributed by atoms with van der Waals surface area (Å²) in [5, 5.41) is 0.0810. The lowest BCUT2D eigenvalue weighted by Crippen LogP contribution is -1.94. The van der Waals surface area contributed by atoms with Crippen LogP contribution in [-0.2, 0) is 0 Å². The van der Waals surface area contributed by atoms with E-state index in [4.69, 9.17) is 11.6 Å². The minimum atomic E-state index is -0.379. The molecule has 0 saturated heterocycles. The van der Waals surface area contributed by atoms with Crippen LogP contribution in [0.2, 0.25) is 5.15 Å². The largest absolute Gasteiger partial charge is 0.298 e. The fraction of sp³-hybridized carbons (Fsp3) is 0.0769. The highest BCUT2D eigenvalue weighted by Gasteiger charge is 2.12. The predicted octanol–water partition coefficient (Wildman–Crippen LogP) is 3.66. The van der Waals surface area contributed by atoms with E-state index in [1.54, 1.807) is 25.1 Å². The Morgan fingerprint density at radius 2 is 2.06 bits per heavy atom. The highest BCUT2D eigenvalue weighted by atomic mass is 35.5. The number of aryl methyl sites for hydroxylation is 1. The Morgan fingerprint density at radius 3 is 2.71 bits per heavy atom. The van der Waals surface area contributed by atoms with Crippen LogP contribution >= 0.6 is 11.6 Å². The Kier molecular flexibility index (Phi) is 3.20. The van der Waals surface area contributed by atoms with Gasteiger partial charge in [-0.1, -0.05) is 23.7 Å². The molecule has 86 valence electrons. The second kappa shape index (κ2) is 4.63. The molecule has 0 aliphatic heterocycles. The van der Waals surface area contributed by atoms with Gasteiger partial charge < -0.3 is 0 Å². The summed E-state index contributed by atoms with van der Waals surface area (Å²) in [6, 6.07) is 6.40. The summed E-state index contributed by atoms with van der Waals surface area (Å²) in [6.45, 7) is 1.80. The molecule has 2 aromatic rings. The molecule has 0 fully saturated rings. The second-order valence-corrected chi connectivity index (χ2v) is 4.02. The Hall–Kier alpha value is -1.74. The van der Waals surface area contributed by atoms with E-state index in [2.05, 4.69) is 4.98 Å². The van der Waals surface area contributed by atoms with Gasteiger partial charge in [-0.15, -0.1) is 0 Å². The summed E-state index contributed by atoms with van der Waals surface area (Å²) in [5.41, 5.74) is 1.83. The summed E-state index contributed by atoms with van der Waals surface area (Å²) in [5.74, 6) is -0.379. The molecule has 0 bridgehead atoms. The number of halogens is 2. The highest BCUT2D eigenvalue weighted by Crippen LogP contribution is 2.28. The number of hydrogen-bond donors (Lipinski definition) is 0. The number of aromatic nitrogens is 1. The molecule has 17 heavy (non-hydrogen) atoms. The maximum absolute atomic E-state index is 13.8. The van der Waals surface area contributed by atoms with Crippen molar-refractivity contribution in [1.82, 2.24) is 4.98 Å². The van der Waals surface area contributed by atoms with Gasteiger partial charge in [-0.05, 0) is 30.2 Å². The first-order chi connectivity index (χ1) is 8.13. The van der Waals surface area contributed by atoms with Crippen molar-refractivity contribution in [2.75, 3.05) is 0 Å². The Labute approximate surface area is 103 Å². The summed E-state index contributed by atoms with van der Waals surface area (Å²) in [7, 11) is 0. The van der Waals surface area contributed by atoms with Crippen LogP contribution in [0.15, 0.2) is 30.5 Å². The van der Waals surface area contributed by atoms with Crippen LogP contribution in [0.5, 0.6) is 0 Å². The Bertz CT molecular complexity index is 584. The molecule has 0 aliphatic carbocycles. The lowest BCUT2D eigenvalue weighted by atomic mass is 10.0. The highest BCUT2D eigenvalue weighted by molar-refractivity contribution is 6.32. The van der Waals surface area contributed by atoms with Crippen LogP contribution in [0, 0.1) is 12.7 Å². The zero-order valence-electron chi connectivity index (χ0n) is 9.08. The number of aldehydes is 1. The fourth-order valence-electron chi connectivity index (χ4n) is 1.63. The monoisotopic (exact) mass is 249 g/mol. The molecule has 0 atom stereocenters. The molecule has 0 aliphatic rings. The van der Waals surface area contributed by atoms with Crippen molar-refractivity contribution >= 4 is 17.9 Å². The first-order valence-corrected chi connectivity index (χ1v) is 5.37. The minimum Gasteiger partial charge on any atom is -0.298 e. The molecule has 0 unspecified atom stereocenters. The van der Waals surface area contributed by atoms with E-state index in [1.807, 2.05) is 0 Å². The van der Waals surface area contributed by atoms with Crippen LogP contribution in [0.25, 0.3) is 11.1 Å². The van der Waals surface area contributed by atoms with Gasteiger partial charge in [-0.2, -0.15) is 0 Å². The van der Waals surface area contributed by atoms with E-state index in [0.29, 0.717) is 17.4 Å². The second-order valence-electron chi connectivity index (χ2n) is 3.66. The van der Waals surface area contributed by atoms with E-state index in [1.165, 1.54) is 12.3 Å². The lowest BCUT2D eigenvalue weighted by Gasteiger charge is -2.07. The van der Waals surface area contributed by atoms with E-state index >= 15 is 0 Å². The number of rotatable bonds is 2. The topological polar surface area (TPSA) is 30.0 Å². The van der Waals surface area contributed by atoms with E-state index < -0.39 is 0 Å². The van der Waals surface area contributed by atoms with Gasteiger partial charge in [0.1, 0.15) is 11.0 Å². The SMILES string of the molecule is Cc1ccc(-c2ccnc(Cl)c2C=O)c(F)c1. The van der Waals surface area contributed by atoms with Gasteiger partial charge in [-0.25, -0.2) is 9.37 Å². The van der Waals surface area contributed by atoms with Crippen molar-refractivity contribution < 1.29 is 9.18 Å². The van der Waals surface area contributed by atoms with Gasteiger partial charge in [0.25, 0.3) is 0 Å². The van der Waals surface area contributed by atoms with Crippen molar-refractivity contribution in [2.24, 2.45) is 0 Å². The van der Waals surface area contributed by atoms with Crippen molar-refractivity contribution in [3.05, 3.63) is 52.6 Å². The van der Waals surface area contributed by atoms with Crippen molar-refractivity contribution in [2.45, 2.75) is 6.92 Å². The third-order valence-corrected chi connectivity index (χ3v) is 2.78. The lowest BCUT2D eigenvalue weighted by molar-refractivity contribution is 0.112. The summed E-state index contributed by atoms with van der Waals surface area (Å²) in [6.07, 6.45) is 2.04. The quantitative estimate of drug-likeness (QED) is 0.601. The first-order valence-electron chi connectivity index (χ1n) is 4.99. The van der Waals surface area contributed by atoms with Gasteiger partial charge in [0.15, 0.2) is 6.29 Å². The molecular formula is C13H9ClFNO. The molecule has 0 spiro atoms. The smallest absolute Gasteiger partial charge is 0.153 e. The van der Waals surface area contributed by atoms with Crippen LogP contribution in [-0.4, -0.2) is 11.3 Å². The van der Waals surface area contributed by atoms with Crippen LogP contribution in [0.1, 0.15) is 15.9 Å². The molecule has 0 radical (unpaired) electrons. The van der Waals surface area contributed by atoms with Crippen molar-refractivity contribution in [3.63, 3.8) is 0 Å². The third-order valence-electron chi connectivity index (χ3n) is 2.47. The summed E-state index contributed by atoms with van der Waals surface area (Å²) >= 11 is 5.80. The number of nitrogens with zero attached hydrogens (tertiary/aromatic N) is 1. The van der Waals surface area contributed by atoms with Gasteiger partial charge in [0, 0.05) is 11.8 Å². The molecule has 1 heterocycles. The third kappa shape index (κ3) is 2.19. The predicted molar refractivity (Wildman–Crippen MR) is 64.8 cm³/mol. The molecule has 2 rings (SSSR count). The molecule has 0 N–H and O–H groups in total. The van der Waals surface area contributed by atoms with E-state index in [-0.39, 0.29) is 16.5 Å². The molecule has 2 nitrogen and oxygen atoms in total. The normalized spacial score (nSPS) is 10.3. The Morgan fingerprint density at radius 1 is 1.29 bits per heavy atom. The molecule has 1 aromatic heterocycles. The van der Waals surface area contributed by atoms with Crippen LogP contribution in [0.4, 0.5) is 4.39 Å². The van der Waals surface area contributed by atoms with Gasteiger partial charge in [0.05, 0.1) is 5.56 Å². The zero-order chi connectivity index (χ0) is 12.4. The summed E-state index contributed by atoms with van der Waals surface area (Å²) < 4.78 is 13.8. The molecule has 0 amide bonds. The average Bonchev–Trinajstić information content (AvgIpc) is 2.29. The number of hydrogen-bond acceptors (Lipinski definition) is 2. The Balaban J connectivity index is 2.68. The fourth-order valence-corrected chi connectivity index (χ4v) is 1.84. The van der Waals surface area contributed by atoms with Gasteiger partial charge >= 0.3 is 0 Å². The number of carbonyl (C=O) groups excluding carboxylic acids is 1. The maximum Gasteiger partial charge on any atom is 0.153 e. The molecular weight excluding hydrogens is 241 g/mol. The average molecular weight is 250 g/mol. The molecule has 0 saturated carbocycles. The van der Waals surface area contributed by atoms with E-state index in [0.717, 1.165) is 5.56 Å².